The third kappa shape index (κ3) is 3.85. The first-order valence-corrected chi connectivity index (χ1v) is 4.92. The minimum atomic E-state index is -1.14. The van der Waals surface area contributed by atoms with E-state index in [1.807, 2.05) is 0 Å². The van der Waals surface area contributed by atoms with Crippen LogP contribution in [0.15, 0.2) is 0 Å². The minimum Gasteiger partial charge on any atom is -0.480 e. The molecule has 0 bridgehead atoms. The molecule has 16 heavy (non-hydrogen) atoms. The smallest absolute Gasteiger partial charge is 0.317 e. The van der Waals surface area contributed by atoms with Gasteiger partial charge in [-0.15, -0.1) is 0 Å². The van der Waals surface area contributed by atoms with Crippen LogP contribution in [0.1, 0.15) is 6.42 Å². The van der Waals surface area contributed by atoms with Crippen molar-refractivity contribution in [1.29, 1.82) is 0 Å². The number of carbonyl (C=O) groups excluding carboxylic acids is 1. The van der Waals surface area contributed by atoms with Crippen LogP contribution < -0.4 is 0 Å². The normalized spacial score (nSPS) is 14.7. The van der Waals surface area contributed by atoms with E-state index >= 15 is 0 Å². The zero-order chi connectivity index (χ0) is 12.1. The predicted octanol–water partition coefficient (Wildman–Crippen LogP) is -1.31. The van der Waals surface area contributed by atoms with Gasteiger partial charge in [-0.3, -0.25) is 19.3 Å². The summed E-state index contributed by atoms with van der Waals surface area (Å²) in [6.45, 7) is 0.315. The second-order valence-corrected chi connectivity index (χ2v) is 3.67. The fourth-order valence-electron chi connectivity index (χ4n) is 1.41. The van der Waals surface area contributed by atoms with Gasteiger partial charge >= 0.3 is 11.9 Å². The number of hydrogen-bond acceptors (Lipinski definition) is 4. The standard InChI is InChI=1S/C9H14N2O5/c12-7(11-2-1-3-11)4-10(5-8(13)14)6-9(15)16/h1-6H2,(H,13,14)(H,15,16). The molecule has 0 radical (unpaired) electrons. The fourth-order valence-corrected chi connectivity index (χ4v) is 1.41. The number of rotatable bonds is 6. The van der Waals surface area contributed by atoms with Gasteiger partial charge in [-0.05, 0) is 6.42 Å². The number of hydrogen-bond donors (Lipinski definition) is 2. The molecule has 90 valence electrons. The number of likely N-dealkylation sites (tertiary alicyclic amines) is 1. The molecule has 1 saturated heterocycles. The van der Waals surface area contributed by atoms with E-state index in [9.17, 15) is 14.4 Å². The second kappa shape index (κ2) is 5.45. The lowest BCUT2D eigenvalue weighted by atomic mass is 10.2. The Hall–Kier alpha value is -1.63. The van der Waals surface area contributed by atoms with E-state index in [4.69, 9.17) is 10.2 Å². The summed E-state index contributed by atoms with van der Waals surface area (Å²) in [7, 11) is 0. The summed E-state index contributed by atoms with van der Waals surface area (Å²) in [5.74, 6) is -2.50. The molecule has 0 saturated carbocycles. The number of carbonyl (C=O) groups is 3. The second-order valence-electron chi connectivity index (χ2n) is 3.67. The quantitative estimate of drug-likeness (QED) is 0.588. The van der Waals surface area contributed by atoms with Gasteiger partial charge in [0.15, 0.2) is 0 Å². The summed E-state index contributed by atoms with van der Waals surface area (Å²) >= 11 is 0. The summed E-state index contributed by atoms with van der Waals surface area (Å²) in [6.07, 6.45) is 0.948. The fraction of sp³-hybridized carbons (Fsp3) is 0.667. The average molecular weight is 230 g/mol. The van der Waals surface area contributed by atoms with Crippen molar-refractivity contribution in [3.05, 3.63) is 0 Å². The lowest BCUT2D eigenvalue weighted by Gasteiger charge is -2.32. The van der Waals surface area contributed by atoms with Crippen LogP contribution in [0.25, 0.3) is 0 Å². The van der Waals surface area contributed by atoms with E-state index in [2.05, 4.69) is 0 Å². The molecule has 1 aliphatic heterocycles. The van der Waals surface area contributed by atoms with Crippen LogP contribution in [0.4, 0.5) is 0 Å². The third-order valence-corrected chi connectivity index (χ3v) is 2.29. The number of aliphatic carboxylic acids is 2. The van der Waals surface area contributed by atoms with E-state index in [0.29, 0.717) is 13.1 Å². The monoisotopic (exact) mass is 230 g/mol. The van der Waals surface area contributed by atoms with Gasteiger partial charge in [0.2, 0.25) is 5.91 Å². The number of carboxylic acid groups (broad SMARTS) is 2. The highest BCUT2D eigenvalue weighted by atomic mass is 16.4. The highest BCUT2D eigenvalue weighted by Gasteiger charge is 2.24. The Morgan fingerprint density at radius 1 is 1.00 bits per heavy atom. The van der Waals surface area contributed by atoms with Crippen molar-refractivity contribution in [2.24, 2.45) is 0 Å². The molecule has 0 spiro atoms. The first-order chi connectivity index (χ1) is 7.49. The van der Waals surface area contributed by atoms with Crippen LogP contribution in [-0.2, 0) is 14.4 Å². The summed E-state index contributed by atoms with van der Waals surface area (Å²) < 4.78 is 0. The van der Waals surface area contributed by atoms with Crippen LogP contribution in [-0.4, -0.2) is 70.6 Å². The summed E-state index contributed by atoms with van der Waals surface area (Å²) in [6, 6.07) is 0. The Morgan fingerprint density at radius 2 is 1.50 bits per heavy atom. The molecule has 0 aromatic rings. The van der Waals surface area contributed by atoms with Crippen LogP contribution in [0, 0.1) is 0 Å². The van der Waals surface area contributed by atoms with Crippen molar-refractivity contribution in [3.63, 3.8) is 0 Å². The Balaban J connectivity index is 2.44. The Labute approximate surface area is 92.2 Å². The summed E-state index contributed by atoms with van der Waals surface area (Å²) in [4.78, 5) is 35.1. The van der Waals surface area contributed by atoms with Crippen LogP contribution >= 0.6 is 0 Å². The molecule has 2 N–H and O–H groups in total. The lowest BCUT2D eigenvalue weighted by molar-refractivity contribution is -0.144. The average Bonchev–Trinajstić information content (AvgIpc) is 1.95. The van der Waals surface area contributed by atoms with E-state index < -0.39 is 25.0 Å². The van der Waals surface area contributed by atoms with Crippen molar-refractivity contribution in [2.75, 3.05) is 32.7 Å². The largest absolute Gasteiger partial charge is 0.480 e. The van der Waals surface area contributed by atoms with Gasteiger partial charge in [-0.25, -0.2) is 0 Å². The van der Waals surface area contributed by atoms with Gasteiger partial charge < -0.3 is 15.1 Å². The predicted molar refractivity (Wildman–Crippen MR) is 52.9 cm³/mol. The van der Waals surface area contributed by atoms with Gasteiger partial charge in [-0.1, -0.05) is 0 Å². The van der Waals surface area contributed by atoms with Crippen molar-refractivity contribution in [2.45, 2.75) is 6.42 Å². The van der Waals surface area contributed by atoms with Gasteiger partial charge in [0.1, 0.15) is 0 Å². The lowest BCUT2D eigenvalue weighted by Crippen LogP contribution is -2.48. The molecule has 7 nitrogen and oxygen atoms in total. The molecule has 1 amide bonds. The zero-order valence-electron chi connectivity index (χ0n) is 8.76. The van der Waals surface area contributed by atoms with Gasteiger partial charge in [-0.2, -0.15) is 0 Å². The molecule has 0 unspecified atom stereocenters. The van der Waals surface area contributed by atoms with Gasteiger partial charge in [0.25, 0.3) is 0 Å². The van der Waals surface area contributed by atoms with E-state index in [0.717, 1.165) is 11.3 Å². The summed E-state index contributed by atoms with van der Waals surface area (Å²) in [5, 5.41) is 17.1. The molecule has 1 fully saturated rings. The van der Waals surface area contributed by atoms with Gasteiger partial charge in [0, 0.05) is 13.1 Å². The zero-order valence-corrected chi connectivity index (χ0v) is 8.76. The molecule has 0 aliphatic carbocycles. The molecule has 0 aromatic carbocycles. The molecule has 0 aromatic heterocycles. The first-order valence-electron chi connectivity index (χ1n) is 4.92. The van der Waals surface area contributed by atoms with E-state index in [1.54, 1.807) is 4.90 Å². The maximum Gasteiger partial charge on any atom is 0.317 e. The molecule has 1 aliphatic rings. The Morgan fingerprint density at radius 3 is 1.81 bits per heavy atom. The SMILES string of the molecule is O=C(O)CN(CC(=O)O)CC(=O)N1CCC1. The molecule has 0 atom stereocenters. The van der Waals surface area contributed by atoms with E-state index in [1.165, 1.54) is 0 Å². The highest BCUT2D eigenvalue weighted by molar-refractivity contribution is 5.81. The summed E-state index contributed by atoms with van der Waals surface area (Å²) in [5.41, 5.74) is 0. The van der Waals surface area contributed by atoms with Crippen LogP contribution in [0.2, 0.25) is 0 Å². The number of nitrogens with zero attached hydrogens (tertiary/aromatic N) is 2. The topological polar surface area (TPSA) is 98.1 Å². The van der Waals surface area contributed by atoms with Crippen LogP contribution in [0.5, 0.6) is 0 Å². The van der Waals surface area contributed by atoms with Crippen molar-refractivity contribution >= 4 is 17.8 Å². The van der Waals surface area contributed by atoms with Gasteiger partial charge in [0.05, 0.1) is 19.6 Å². The first kappa shape index (κ1) is 12.4. The molecule has 1 heterocycles. The third-order valence-electron chi connectivity index (χ3n) is 2.29. The maximum atomic E-state index is 11.5. The number of amides is 1. The van der Waals surface area contributed by atoms with Crippen LogP contribution in [0.3, 0.4) is 0 Å². The molecular formula is C9H14N2O5. The number of carboxylic acids is 2. The Bertz CT molecular complexity index is 284. The molecule has 7 heteroatoms. The van der Waals surface area contributed by atoms with E-state index in [-0.39, 0.29) is 12.5 Å². The van der Waals surface area contributed by atoms with Crippen molar-refractivity contribution < 1.29 is 24.6 Å². The highest BCUT2D eigenvalue weighted by Crippen LogP contribution is 2.06. The Kier molecular flexibility index (Phi) is 4.24. The van der Waals surface area contributed by atoms with Crippen molar-refractivity contribution in [3.8, 4) is 0 Å². The van der Waals surface area contributed by atoms with Crippen molar-refractivity contribution in [1.82, 2.24) is 9.80 Å². The minimum absolute atomic E-state index is 0.154. The maximum absolute atomic E-state index is 11.5. The molecular weight excluding hydrogens is 216 g/mol. The molecule has 1 rings (SSSR count).